The van der Waals surface area contributed by atoms with Crippen molar-refractivity contribution in [1.29, 1.82) is 0 Å². The van der Waals surface area contributed by atoms with Crippen LogP contribution in [0.4, 0.5) is 5.69 Å². The summed E-state index contributed by atoms with van der Waals surface area (Å²) < 4.78 is 5.32. The molecule has 3 aromatic carbocycles. The molecule has 0 aliphatic carbocycles. The molecular weight excluding hydrogens is 358 g/mol. The van der Waals surface area contributed by atoms with Crippen LogP contribution in [-0.4, -0.2) is 11.9 Å². The number of carbonyl (C=O) groups excluding carboxylic acids is 2. The average Bonchev–Trinajstić information content (AvgIpc) is 2.69. The fraction of sp³-hybridized carbons (Fsp3) is 0.0909. The number of amides is 1. The van der Waals surface area contributed by atoms with Gasteiger partial charge < -0.3 is 10.1 Å². The molecule has 0 aromatic heterocycles. The van der Waals surface area contributed by atoms with Gasteiger partial charge in [-0.1, -0.05) is 54.6 Å². The number of hydrogen-bond donors (Lipinski definition) is 2. The summed E-state index contributed by atoms with van der Waals surface area (Å²) in [6, 6.07) is 25.2. The molecule has 0 heterocycles. The van der Waals surface area contributed by atoms with Crippen molar-refractivity contribution in [2.75, 3.05) is 5.32 Å². The number of anilines is 1. The van der Waals surface area contributed by atoms with Gasteiger partial charge in [-0.15, -0.1) is 0 Å². The van der Waals surface area contributed by atoms with E-state index in [0.717, 1.165) is 5.56 Å². The minimum atomic E-state index is -0.409. The van der Waals surface area contributed by atoms with Crippen LogP contribution in [0.3, 0.4) is 0 Å². The molecule has 136 valence electrons. The van der Waals surface area contributed by atoms with Crippen LogP contribution in [0.5, 0.6) is 5.75 Å². The maximum absolute atomic E-state index is 12.4. The van der Waals surface area contributed by atoms with Crippen LogP contribution in [0.15, 0.2) is 84.9 Å². The Morgan fingerprint density at radius 3 is 2.15 bits per heavy atom. The number of esters is 1. The first-order valence-electron chi connectivity index (χ1n) is 8.52. The van der Waals surface area contributed by atoms with E-state index < -0.39 is 5.25 Å². The standard InChI is InChI=1S/C22H19NO3S/c24-21(26-17-11-5-2-6-12-17)15-20(27)18-13-7-8-14-19(18)23-22(25)16-9-3-1-4-10-16/h1-14,20,27H,15H2,(H,23,25). The maximum Gasteiger partial charge on any atom is 0.312 e. The highest BCUT2D eigenvalue weighted by Crippen LogP contribution is 2.31. The van der Waals surface area contributed by atoms with Gasteiger partial charge in [0.05, 0.1) is 6.42 Å². The van der Waals surface area contributed by atoms with Crippen molar-refractivity contribution in [2.24, 2.45) is 0 Å². The summed E-state index contributed by atoms with van der Waals surface area (Å²) in [5.41, 5.74) is 1.94. The Hall–Kier alpha value is -3.05. The van der Waals surface area contributed by atoms with Crippen molar-refractivity contribution >= 4 is 30.2 Å². The molecular formula is C22H19NO3S. The predicted molar refractivity (Wildman–Crippen MR) is 109 cm³/mol. The maximum atomic E-state index is 12.4. The third-order valence-corrected chi connectivity index (χ3v) is 4.40. The number of rotatable bonds is 6. The molecule has 3 aromatic rings. The van der Waals surface area contributed by atoms with Gasteiger partial charge in [0.25, 0.3) is 5.91 Å². The number of carbonyl (C=O) groups is 2. The van der Waals surface area contributed by atoms with Gasteiger partial charge in [0, 0.05) is 16.5 Å². The summed E-state index contributed by atoms with van der Waals surface area (Å²) in [4.78, 5) is 24.6. The first-order valence-corrected chi connectivity index (χ1v) is 9.04. The van der Waals surface area contributed by atoms with Crippen molar-refractivity contribution in [3.63, 3.8) is 0 Å². The van der Waals surface area contributed by atoms with Gasteiger partial charge in [-0.2, -0.15) is 12.6 Å². The number of hydrogen-bond acceptors (Lipinski definition) is 4. The fourth-order valence-corrected chi connectivity index (χ4v) is 2.99. The van der Waals surface area contributed by atoms with E-state index in [1.54, 1.807) is 42.5 Å². The molecule has 3 rings (SSSR count). The SMILES string of the molecule is O=C(CC(S)c1ccccc1NC(=O)c1ccccc1)Oc1ccccc1. The van der Waals surface area contributed by atoms with Gasteiger partial charge >= 0.3 is 5.97 Å². The highest BCUT2D eigenvalue weighted by molar-refractivity contribution is 7.80. The highest BCUT2D eigenvalue weighted by Gasteiger charge is 2.18. The summed E-state index contributed by atoms with van der Waals surface area (Å²) >= 11 is 4.55. The second kappa shape index (κ2) is 9.05. The second-order valence-electron chi connectivity index (χ2n) is 5.91. The van der Waals surface area contributed by atoms with Gasteiger partial charge in [0.2, 0.25) is 0 Å². The molecule has 0 spiro atoms. The van der Waals surface area contributed by atoms with Gasteiger partial charge in [-0.3, -0.25) is 9.59 Å². The van der Waals surface area contributed by atoms with Crippen molar-refractivity contribution in [3.8, 4) is 5.75 Å². The molecule has 1 atom stereocenters. The third kappa shape index (κ3) is 5.21. The molecule has 0 saturated heterocycles. The largest absolute Gasteiger partial charge is 0.426 e. The average molecular weight is 377 g/mol. The zero-order valence-corrected chi connectivity index (χ0v) is 15.4. The zero-order valence-electron chi connectivity index (χ0n) is 14.5. The topological polar surface area (TPSA) is 55.4 Å². The van der Waals surface area contributed by atoms with E-state index in [2.05, 4.69) is 17.9 Å². The van der Waals surface area contributed by atoms with Crippen LogP contribution in [-0.2, 0) is 4.79 Å². The Morgan fingerprint density at radius 2 is 1.44 bits per heavy atom. The quantitative estimate of drug-likeness (QED) is 0.365. The first kappa shape index (κ1) is 18.7. The number of nitrogens with one attached hydrogen (secondary N) is 1. The molecule has 0 aliphatic heterocycles. The zero-order chi connectivity index (χ0) is 19.1. The summed E-state index contributed by atoms with van der Waals surface area (Å²) in [7, 11) is 0. The summed E-state index contributed by atoms with van der Waals surface area (Å²) in [5.74, 6) is -0.102. The van der Waals surface area contributed by atoms with Crippen LogP contribution in [0.25, 0.3) is 0 Å². The van der Waals surface area contributed by atoms with Crippen LogP contribution < -0.4 is 10.1 Å². The summed E-state index contributed by atoms with van der Waals surface area (Å²) in [5, 5.41) is 2.48. The molecule has 1 unspecified atom stereocenters. The fourth-order valence-electron chi connectivity index (χ4n) is 2.61. The first-order chi connectivity index (χ1) is 13.1. The molecule has 1 N–H and O–H groups in total. The molecule has 0 saturated carbocycles. The molecule has 1 amide bonds. The molecule has 0 aliphatic rings. The van der Waals surface area contributed by atoms with E-state index in [1.807, 2.05) is 42.5 Å². The van der Waals surface area contributed by atoms with Gasteiger partial charge in [0.1, 0.15) is 5.75 Å². The normalized spacial score (nSPS) is 11.4. The minimum Gasteiger partial charge on any atom is -0.426 e. The van der Waals surface area contributed by atoms with Gasteiger partial charge in [0.15, 0.2) is 0 Å². The lowest BCUT2D eigenvalue weighted by Gasteiger charge is -2.16. The van der Waals surface area contributed by atoms with Gasteiger partial charge in [-0.25, -0.2) is 0 Å². The van der Waals surface area contributed by atoms with Crippen LogP contribution in [0, 0.1) is 0 Å². The molecule has 0 fully saturated rings. The molecule has 5 heteroatoms. The number of para-hydroxylation sites is 2. The lowest BCUT2D eigenvalue weighted by molar-refractivity contribution is -0.134. The summed E-state index contributed by atoms with van der Waals surface area (Å²) in [6.45, 7) is 0. The Balaban J connectivity index is 1.69. The van der Waals surface area contributed by atoms with E-state index in [1.165, 1.54) is 0 Å². The lowest BCUT2D eigenvalue weighted by atomic mass is 10.1. The molecule has 0 radical (unpaired) electrons. The Morgan fingerprint density at radius 1 is 0.852 bits per heavy atom. The molecule has 0 bridgehead atoms. The van der Waals surface area contributed by atoms with Crippen molar-refractivity contribution in [3.05, 3.63) is 96.1 Å². The van der Waals surface area contributed by atoms with Crippen molar-refractivity contribution in [2.45, 2.75) is 11.7 Å². The van der Waals surface area contributed by atoms with E-state index in [-0.39, 0.29) is 18.3 Å². The van der Waals surface area contributed by atoms with Crippen LogP contribution in [0.2, 0.25) is 0 Å². The molecule has 4 nitrogen and oxygen atoms in total. The predicted octanol–water partition coefficient (Wildman–Crippen LogP) is 4.91. The van der Waals surface area contributed by atoms with E-state index in [4.69, 9.17) is 4.74 Å². The number of thiol groups is 1. The molecule has 27 heavy (non-hydrogen) atoms. The van der Waals surface area contributed by atoms with Crippen molar-refractivity contribution < 1.29 is 14.3 Å². The van der Waals surface area contributed by atoms with E-state index in [9.17, 15) is 9.59 Å². The number of benzene rings is 3. The lowest BCUT2D eigenvalue weighted by Crippen LogP contribution is -2.15. The monoisotopic (exact) mass is 377 g/mol. The van der Waals surface area contributed by atoms with E-state index >= 15 is 0 Å². The second-order valence-corrected chi connectivity index (χ2v) is 6.54. The third-order valence-electron chi connectivity index (χ3n) is 3.94. The summed E-state index contributed by atoms with van der Waals surface area (Å²) in [6.07, 6.45) is 0.0796. The number of ether oxygens (including phenoxy) is 1. The van der Waals surface area contributed by atoms with E-state index in [0.29, 0.717) is 17.0 Å². The minimum absolute atomic E-state index is 0.0796. The van der Waals surface area contributed by atoms with Crippen molar-refractivity contribution in [1.82, 2.24) is 0 Å². The Kier molecular flexibility index (Phi) is 6.28. The Bertz CT molecular complexity index is 913. The smallest absolute Gasteiger partial charge is 0.312 e. The highest BCUT2D eigenvalue weighted by atomic mass is 32.1. The van der Waals surface area contributed by atoms with Gasteiger partial charge in [-0.05, 0) is 35.9 Å². The Labute approximate surface area is 163 Å². The van der Waals surface area contributed by atoms with Crippen LogP contribution in [0.1, 0.15) is 27.6 Å². The van der Waals surface area contributed by atoms with Crippen LogP contribution >= 0.6 is 12.6 Å².